The molecule has 1 aliphatic heterocycles. The first-order chi connectivity index (χ1) is 9.24. The number of pyridine rings is 1. The molecule has 2 heterocycles. The molecule has 0 saturated carbocycles. The van der Waals surface area contributed by atoms with Crippen LogP contribution in [0.4, 0.5) is 5.82 Å². The molecule has 0 unspecified atom stereocenters. The van der Waals surface area contributed by atoms with Crippen LogP contribution >= 0.6 is 0 Å². The highest BCUT2D eigenvalue weighted by Gasteiger charge is 2.35. The first-order valence-electron chi connectivity index (χ1n) is 7.64. The number of nitrogens with zero attached hydrogens (tertiary/aromatic N) is 2. The maximum atomic E-state index is 4.63. The van der Waals surface area contributed by atoms with Crippen molar-refractivity contribution in [3.05, 3.63) is 23.9 Å². The molecule has 0 bridgehead atoms. The fourth-order valence-corrected chi connectivity index (χ4v) is 3.06. The number of anilines is 1. The van der Waals surface area contributed by atoms with Crippen molar-refractivity contribution in [2.45, 2.75) is 46.6 Å². The van der Waals surface area contributed by atoms with E-state index in [-0.39, 0.29) is 0 Å². The lowest BCUT2D eigenvalue weighted by Crippen LogP contribution is -2.28. The van der Waals surface area contributed by atoms with Gasteiger partial charge in [-0.15, -0.1) is 0 Å². The molecule has 1 N–H and O–H groups in total. The summed E-state index contributed by atoms with van der Waals surface area (Å²) in [4.78, 5) is 7.12. The molecule has 1 fully saturated rings. The fraction of sp³-hybridized carbons (Fsp3) is 0.688. The maximum absolute atomic E-state index is 4.63. The van der Waals surface area contributed by atoms with Gasteiger partial charge in [0.15, 0.2) is 0 Å². The second-order valence-corrected chi connectivity index (χ2v) is 5.65. The van der Waals surface area contributed by atoms with E-state index in [9.17, 15) is 0 Å². The molecule has 2 rings (SSSR count). The lowest BCUT2D eigenvalue weighted by atomic mass is 9.82. The molecule has 1 saturated heterocycles. The molecule has 1 aromatic heterocycles. The zero-order chi connectivity index (χ0) is 13.7. The van der Waals surface area contributed by atoms with Crippen molar-refractivity contribution < 1.29 is 0 Å². The Labute approximate surface area is 117 Å². The molecule has 0 spiro atoms. The highest BCUT2D eigenvalue weighted by molar-refractivity contribution is 5.48. The SMILES string of the molecule is CCNCc1cccnc1N1CCC(CC)(CC)C1. The Hall–Kier alpha value is -1.09. The second-order valence-electron chi connectivity index (χ2n) is 5.65. The summed E-state index contributed by atoms with van der Waals surface area (Å²) in [5, 5.41) is 3.41. The predicted molar refractivity (Wildman–Crippen MR) is 81.5 cm³/mol. The summed E-state index contributed by atoms with van der Waals surface area (Å²) in [7, 11) is 0. The quantitative estimate of drug-likeness (QED) is 0.852. The van der Waals surface area contributed by atoms with E-state index in [1.807, 2.05) is 12.3 Å². The zero-order valence-corrected chi connectivity index (χ0v) is 12.6. The van der Waals surface area contributed by atoms with Gasteiger partial charge in [0.25, 0.3) is 0 Å². The zero-order valence-electron chi connectivity index (χ0n) is 12.6. The number of aromatic nitrogens is 1. The average Bonchev–Trinajstić information content (AvgIpc) is 2.90. The monoisotopic (exact) mass is 261 g/mol. The summed E-state index contributed by atoms with van der Waals surface area (Å²) >= 11 is 0. The van der Waals surface area contributed by atoms with Crippen LogP contribution in [0, 0.1) is 5.41 Å². The minimum absolute atomic E-state index is 0.507. The van der Waals surface area contributed by atoms with E-state index in [1.54, 1.807) is 0 Å². The molecule has 0 amide bonds. The molecule has 3 nitrogen and oxygen atoms in total. The molecule has 19 heavy (non-hydrogen) atoms. The number of hydrogen-bond acceptors (Lipinski definition) is 3. The largest absolute Gasteiger partial charge is 0.356 e. The van der Waals surface area contributed by atoms with Crippen LogP contribution in [-0.4, -0.2) is 24.6 Å². The van der Waals surface area contributed by atoms with Crippen molar-refractivity contribution in [2.24, 2.45) is 5.41 Å². The van der Waals surface area contributed by atoms with Gasteiger partial charge in [0.1, 0.15) is 5.82 Å². The summed E-state index contributed by atoms with van der Waals surface area (Å²) in [6.07, 6.45) is 5.77. The van der Waals surface area contributed by atoms with Gasteiger partial charge in [-0.1, -0.05) is 26.8 Å². The minimum Gasteiger partial charge on any atom is -0.356 e. The first kappa shape index (κ1) is 14.3. The Morgan fingerprint density at radius 2 is 2.11 bits per heavy atom. The molecule has 1 aromatic rings. The standard InChI is InChI=1S/C16H27N3/c1-4-16(5-2)9-11-19(13-16)15-14(12-17-6-3)8-7-10-18-15/h7-8,10,17H,4-6,9,11-13H2,1-3H3. The normalized spacial score (nSPS) is 17.9. The Morgan fingerprint density at radius 3 is 2.74 bits per heavy atom. The van der Waals surface area contributed by atoms with E-state index < -0.39 is 0 Å². The molecule has 0 aliphatic carbocycles. The van der Waals surface area contributed by atoms with Crippen LogP contribution in [-0.2, 0) is 6.54 Å². The predicted octanol–water partition coefficient (Wildman–Crippen LogP) is 3.21. The molecule has 0 atom stereocenters. The second kappa shape index (κ2) is 6.38. The number of hydrogen-bond donors (Lipinski definition) is 1. The van der Waals surface area contributed by atoms with Crippen molar-refractivity contribution >= 4 is 5.82 Å². The lowest BCUT2D eigenvalue weighted by molar-refractivity contribution is 0.301. The molecule has 0 aromatic carbocycles. The number of nitrogens with one attached hydrogen (secondary N) is 1. The van der Waals surface area contributed by atoms with Gasteiger partial charge in [-0.3, -0.25) is 0 Å². The summed E-state index contributed by atoms with van der Waals surface area (Å²) in [6.45, 7) is 11.0. The van der Waals surface area contributed by atoms with E-state index >= 15 is 0 Å². The van der Waals surface area contributed by atoms with Crippen molar-refractivity contribution in [3.63, 3.8) is 0 Å². The fourth-order valence-electron chi connectivity index (χ4n) is 3.06. The van der Waals surface area contributed by atoms with Crippen LogP contribution in [0.15, 0.2) is 18.3 Å². The topological polar surface area (TPSA) is 28.2 Å². The average molecular weight is 261 g/mol. The maximum Gasteiger partial charge on any atom is 0.133 e. The third-order valence-corrected chi connectivity index (χ3v) is 4.67. The van der Waals surface area contributed by atoms with Gasteiger partial charge in [-0.2, -0.15) is 0 Å². The minimum atomic E-state index is 0.507. The van der Waals surface area contributed by atoms with Crippen molar-refractivity contribution in [1.82, 2.24) is 10.3 Å². The molecular formula is C16H27N3. The van der Waals surface area contributed by atoms with Gasteiger partial charge in [0.05, 0.1) is 0 Å². The van der Waals surface area contributed by atoms with Crippen molar-refractivity contribution in [2.75, 3.05) is 24.5 Å². The van der Waals surface area contributed by atoms with Crippen LogP contribution in [0.1, 0.15) is 45.6 Å². The molecule has 3 heteroatoms. The van der Waals surface area contributed by atoms with Gasteiger partial charge >= 0.3 is 0 Å². The van der Waals surface area contributed by atoms with Crippen LogP contribution < -0.4 is 10.2 Å². The van der Waals surface area contributed by atoms with E-state index in [1.165, 1.54) is 30.6 Å². The van der Waals surface area contributed by atoms with Gasteiger partial charge in [0.2, 0.25) is 0 Å². The van der Waals surface area contributed by atoms with Crippen LogP contribution in [0.3, 0.4) is 0 Å². The van der Waals surface area contributed by atoms with Gasteiger partial charge in [-0.25, -0.2) is 4.98 Å². The van der Waals surface area contributed by atoms with Gasteiger partial charge in [0, 0.05) is 31.4 Å². The molecule has 0 radical (unpaired) electrons. The third-order valence-electron chi connectivity index (χ3n) is 4.67. The van der Waals surface area contributed by atoms with Crippen LogP contribution in [0.2, 0.25) is 0 Å². The molecule has 1 aliphatic rings. The summed E-state index contributed by atoms with van der Waals surface area (Å²) in [5.74, 6) is 1.19. The highest BCUT2D eigenvalue weighted by Crippen LogP contribution is 2.39. The van der Waals surface area contributed by atoms with Gasteiger partial charge < -0.3 is 10.2 Å². The third kappa shape index (κ3) is 3.08. The van der Waals surface area contributed by atoms with Crippen LogP contribution in [0.25, 0.3) is 0 Å². The van der Waals surface area contributed by atoms with E-state index in [0.29, 0.717) is 5.41 Å². The van der Waals surface area contributed by atoms with Crippen LogP contribution in [0.5, 0.6) is 0 Å². The molecule has 106 valence electrons. The van der Waals surface area contributed by atoms with E-state index in [2.05, 4.69) is 42.0 Å². The van der Waals surface area contributed by atoms with Crippen molar-refractivity contribution in [1.29, 1.82) is 0 Å². The highest BCUT2D eigenvalue weighted by atomic mass is 15.2. The Morgan fingerprint density at radius 1 is 1.32 bits per heavy atom. The summed E-state index contributed by atoms with van der Waals surface area (Å²) in [5.41, 5.74) is 1.83. The Balaban J connectivity index is 2.14. The van der Waals surface area contributed by atoms with E-state index in [0.717, 1.165) is 26.2 Å². The van der Waals surface area contributed by atoms with Crippen molar-refractivity contribution in [3.8, 4) is 0 Å². The lowest BCUT2D eigenvalue weighted by Gasteiger charge is -2.27. The summed E-state index contributed by atoms with van der Waals surface area (Å²) in [6, 6.07) is 4.24. The Bertz CT molecular complexity index is 399. The van der Waals surface area contributed by atoms with Gasteiger partial charge in [-0.05, 0) is 37.3 Å². The van der Waals surface area contributed by atoms with E-state index in [4.69, 9.17) is 0 Å². The first-order valence-corrected chi connectivity index (χ1v) is 7.64. The Kier molecular flexibility index (Phi) is 4.81. The number of rotatable bonds is 6. The molecular weight excluding hydrogens is 234 g/mol. The summed E-state index contributed by atoms with van der Waals surface area (Å²) < 4.78 is 0. The smallest absolute Gasteiger partial charge is 0.133 e.